The molecule has 2 aliphatic rings. The highest BCUT2D eigenvalue weighted by molar-refractivity contribution is 6.10. The Kier molecular flexibility index (Phi) is 4.60. The summed E-state index contributed by atoms with van der Waals surface area (Å²) in [5.41, 5.74) is 2.21. The first-order chi connectivity index (χ1) is 11.6. The Morgan fingerprint density at radius 3 is 2.83 bits per heavy atom. The van der Waals surface area contributed by atoms with Crippen LogP contribution in [0.3, 0.4) is 0 Å². The van der Waals surface area contributed by atoms with Crippen molar-refractivity contribution in [1.82, 2.24) is 0 Å². The zero-order valence-electron chi connectivity index (χ0n) is 13.7. The molecular weight excluding hydrogens is 306 g/mol. The van der Waals surface area contributed by atoms with E-state index < -0.39 is 0 Å². The molecule has 0 amide bonds. The molecule has 1 saturated heterocycles. The van der Waals surface area contributed by atoms with Crippen LogP contribution in [0.1, 0.15) is 31.7 Å². The van der Waals surface area contributed by atoms with Crippen molar-refractivity contribution in [3.8, 4) is 0 Å². The van der Waals surface area contributed by atoms with E-state index in [4.69, 9.17) is 9.47 Å². The molecule has 5 nitrogen and oxygen atoms in total. The molecule has 124 valence electrons. The van der Waals surface area contributed by atoms with Gasteiger partial charge in [-0.1, -0.05) is 30.4 Å². The van der Waals surface area contributed by atoms with Gasteiger partial charge >= 0.3 is 11.9 Å². The maximum atomic E-state index is 11.8. The first-order valence-corrected chi connectivity index (χ1v) is 8.04. The summed E-state index contributed by atoms with van der Waals surface area (Å²) in [5.74, 6) is -0.558. The number of nitrogens with zero attached hydrogens (tertiary/aromatic N) is 1. The maximum Gasteiger partial charge on any atom is 0.341 e. The molecule has 1 aromatic carbocycles. The molecule has 2 atom stereocenters. The van der Waals surface area contributed by atoms with Crippen molar-refractivity contribution in [2.75, 3.05) is 6.61 Å². The highest BCUT2D eigenvalue weighted by Crippen LogP contribution is 2.32. The minimum atomic E-state index is -0.325. The Labute approximate surface area is 140 Å². The Morgan fingerprint density at radius 2 is 2.12 bits per heavy atom. The van der Waals surface area contributed by atoms with Gasteiger partial charge in [0, 0.05) is 0 Å². The van der Waals surface area contributed by atoms with Gasteiger partial charge < -0.3 is 9.47 Å². The summed E-state index contributed by atoms with van der Waals surface area (Å²) in [6.07, 6.45) is 6.36. The second kappa shape index (κ2) is 6.83. The highest BCUT2D eigenvalue weighted by Gasteiger charge is 2.37. The molecule has 3 rings (SSSR count). The van der Waals surface area contributed by atoms with Crippen molar-refractivity contribution in [1.29, 1.82) is 0 Å². The van der Waals surface area contributed by atoms with E-state index in [2.05, 4.69) is 4.99 Å². The monoisotopic (exact) mass is 325 g/mol. The average molecular weight is 325 g/mol. The number of fused-ring (bicyclic) bond motifs is 1. The fourth-order valence-corrected chi connectivity index (χ4v) is 2.77. The number of rotatable bonds is 4. The third-order valence-corrected chi connectivity index (χ3v) is 4.16. The lowest BCUT2D eigenvalue weighted by atomic mass is 9.93. The second-order valence-corrected chi connectivity index (χ2v) is 5.74. The molecule has 0 bridgehead atoms. The molecule has 1 fully saturated rings. The van der Waals surface area contributed by atoms with Gasteiger partial charge in [0.25, 0.3) is 0 Å². The number of carbonyl (C=O) groups excluding carboxylic acids is 2. The van der Waals surface area contributed by atoms with Gasteiger partial charge in [-0.3, -0.25) is 4.79 Å². The number of hydrogen-bond donors (Lipinski definition) is 0. The molecule has 2 unspecified atom stereocenters. The fourth-order valence-electron chi connectivity index (χ4n) is 2.77. The van der Waals surface area contributed by atoms with Crippen molar-refractivity contribution in [2.24, 2.45) is 10.9 Å². The van der Waals surface area contributed by atoms with Gasteiger partial charge in [0.2, 0.25) is 5.90 Å². The molecular formula is C19H19NO4. The minimum absolute atomic E-state index is 0.0966. The van der Waals surface area contributed by atoms with E-state index in [0.29, 0.717) is 30.2 Å². The molecule has 1 aliphatic heterocycles. The van der Waals surface area contributed by atoms with Crippen LogP contribution in [0.25, 0.3) is 0 Å². The number of cyclic esters (lactones) is 1. The Balaban J connectivity index is 1.77. The number of carbonyl (C=O) groups is 2. The SMILES string of the molecule is CCOC(=O)C(C)c1ccc(N=C2OC(=O)C3=CC=CCC32)cc1. The quantitative estimate of drug-likeness (QED) is 0.795. The second-order valence-electron chi connectivity index (χ2n) is 5.74. The van der Waals surface area contributed by atoms with E-state index in [0.717, 1.165) is 5.56 Å². The van der Waals surface area contributed by atoms with Crippen LogP contribution in [0.15, 0.2) is 53.1 Å². The molecule has 1 aliphatic carbocycles. The number of benzene rings is 1. The summed E-state index contributed by atoms with van der Waals surface area (Å²) in [7, 11) is 0. The van der Waals surface area contributed by atoms with Crippen LogP contribution in [0.4, 0.5) is 5.69 Å². The highest BCUT2D eigenvalue weighted by atomic mass is 16.6. The van der Waals surface area contributed by atoms with Gasteiger partial charge in [0.1, 0.15) is 0 Å². The number of esters is 2. The molecule has 1 heterocycles. The van der Waals surface area contributed by atoms with E-state index in [1.807, 2.05) is 43.3 Å². The summed E-state index contributed by atoms with van der Waals surface area (Å²) in [6, 6.07) is 7.31. The van der Waals surface area contributed by atoms with E-state index in [1.54, 1.807) is 13.0 Å². The van der Waals surface area contributed by atoms with Crippen LogP contribution in [-0.4, -0.2) is 24.4 Å². The van der Waals surface area contributed by atoms with Crippen LogP contribution in [0, 0.1) is 5.92 Å². The van der Waals surface area contributed by atoms with Crippen molar-refractivity contribution in [3.05, 3.63) is 53.6 Å². The van der Waals surface area contributed by atoms with E-state index in [1.165, 1.54) is 0 Å². The Bertz CT molecular complexity index is 743. The summed E-state index contributed by atoms with van der Waals surface area (Å²) in [4.78, 5) is 28.1. The molecule has 0 N–H and O–H groups in total. The number of allylic oxidation sites excluding steroid dienone is 3. The van der Waals surface area contributed by atoms with E-state index in [9.17, 15) is 9.59 Å². The third kappa shape index (κ3) is 3.15. The standard InChI is InChI=1S/C19H19NO4/c1-3-23-18(21)12(2)13-8-10-14(11-9-13)20-17-15-6-4-5-7-16(15)19(22)24-17/h4-5,7-12,15H,3,6H2,1-2H3. The number of ether oxygens (including phenoxy) is 2. The van der Waals surface area contributed by atoms with E-state index in [-0.39, 0.29) is 23.8 Å². The van der Waals surface area contributed by atoms with Gasteiger partial charge in [-0.2, -0.15) is 0 Å². The number of aliphatic imine (C=N–C) groups is 1. The summed E-state index contributed by atoms with van der Waals surface area (Å²) >= 11 is 0. The van der Waals surface area contributed by atoms with Crippen LogP contribution >= 0.6 is 0 Å². The van der Waals surface area contributed by atoms with Crippen molar-refractivity contribution < 1.29 is 19.1 Å². The van der Waals surface area contributed by atoms with Crippen LogP contribution in [0.2, 0.25) is 0 Å². The Morgan fingerprint density at radius 1 is 1.38 bits per heavy atom. The molecule has 0 aromatic heterocycles. The largest absolute Gasteiger partial charge is 0.466 e. The van der Waals surface area contributed by atoms with E-state index >= 15 is 0 Å². The molecule has 5 heteroatoms. The average Bonchev–Trinajstić information content (AvgIpc) is 2.91. The van der Waals surface area contributed by atoms with Crippen molar-refractivity contribution in [2.45, 2.75) is 26.2 Å². The fraction of sp³-hybridized carbons (Fsp3) is 0.316. The smallest absolute Gasteiger partial charge is 0.341 e. The summed E-state index contributed by atoms with van der Waals surface area (Å²) < 4.78 is 10.3. The molecule has 24 heavy (non-hydrogen) atoms. The zero-order valence-corrected chi connectivity index (χ0v) is 13.7. The minimum Gasteiger partial charge on any atom is -0.466 e. The predicted octanol–water partition coefficient (Wildman–Crippen LogP) is 3.44. The van der Waals surface area contributed by atoms with Gasteiger partial charge in [-0.05, 0) is 38.0 Å². The van der Waals surface area contributed by atoms with Gasteiger partial charge in [0.05, 0.1) is 29.7 Å². The lowest BCUT2D eigenvalue weighted by Gasteiger charge is -2.11. The lowest BCUT2D eigenvalue weighted by molar-refractivity contribution is -0.144. The van der Waals surface area contributed by atoms with Gasteiger partial charge in [-0.15, -0.1) is 0 Å². The Hall–Kier alpha value is -2.69. The maximum absolute atomic E-state index is 11.8. The number of hydrogen-bond acceptors (Lipinski definition) is 5. The summed E-state index contributed by atoms with van der Waals surface area (Å²) in [6.45, 7) is 3.96. The molecule has 1 aromatic rings. The normalized spacial score (nSPS) is 21.9. The van der Waals surface area contributed by atoms with Crippen LogP contribution in [0.5, 0.6) is 0 Å². The van der Waals surface area contributed by atoms with Crippen LogP contribution < -0.4 is 0 Å². The third-order valence-electron chi connectivity index (χ3n) is 4.16. The zero-order chi connectivity index (χ0) is 17.1. The van der Waals surface area contributed by atoms with Crippen molar-refractivity contribution in [3.63, 3.8) is 0 Å². The lowest BCUT2D eigenvalue weighted by Crippen LogP contribution is -2.12. The first kappa shape index (κ1) is 16.2. The van der Waals surface area contributed by atoms with Crippen LogP contribution in [-0.2, 0) is 19.1 Å². The van der Waals surface area contributed by atoms with Crippen molar-refractivity contribution >= 4 is 23.5 Å². The molecule has 0 radical (unpaired) electrons. The molecule has 0 spiro atoms. The predicted molar refractivity (Wildman–Crippen MR) is 90.0 cm³/mol. The first-order valence-electron chi connectivity index (χ1n) is 8.04. The van der Waals surface area contributed by atoms with Gasteiger partial charge in [-0.25, -0.2) is 9.79 Å². The summed E-state index contributed by atoms with van der Waals surface area (Å²) in [5, 5.41) is 0. The molecule has 0 saturated carbocycles. The topological polar surface area (TPSA) is 65.0 Å². The van der Waals surface area contributed by atoms with Gasteiger partial charge in [0.15, 0.2) is 0 Å².